The molecule has 0 radical (unpaired) electrons. The van der Waals surface area contributed by atoms with E-state index in [9.17, 15) is 33.6 Å². The molecule has 6 amide bonds. The van der Waals surface area contributed by atoms with Gasteiger partial charge in [0.15, 0.2) is 18.1 Å². The Bertz CT molecular complexity index is 2830. The molecule has 9 rings (SSSR count). The second-order valence-electron chi connectivity index (χ2n) is 17.5. The number of hydrogen-bond acceptors (Lipinski definition) is 15. The molecule has 2 aromatic heterocycles. The lowest BCUT2D eigenvalue weighted by molar-refractivity contribution is -0.136. The van der Waals surface area contributed by atoms with E-state index in [1.165, 1.54) is 24.4 Å². The summed E-state index contributed by atoms with van der Waals surface area (Å²) in [7, 11) is 0. The second-order valence-corrected chi connectivity index (χ2v) is 17.9. The van der Waals surface area contributed by atoms with E-state index < -0.39 is 47.7 Å². The molecular formula is C49H50ClN11O9. The van der Waals surface area contributed by atoms with Gasteiger partial charge in [-0.1, -0.05) is 48.0 Å². The fourth-order valence-corrected chi connectivity index (χ4v) is 9.31. The van der Waals surface area contributed by atoms with Crippen molar-refractivity contribution in [2.75, 3.05) is 70.0 Å². The van der Waals surface area contributed by atoms with Crippen LogP contribution in [0.5, 0.6) is 5.75 Å². The highest BCUT2D eigenvalue weighted by atomic mass is 35.5. The molecule has 0 aliphatic carbocycles. The molecule has 20 nitrogen and oxygen atoms in total. The third-order valence-electron chi connectivity index (χ3n) is 12.9. The number of nitrogens with two attached hydrogens (primary N) is 1. The van der Waals surface area contributed by atoms with E-state index in [0.717, 1.165) is 63.4 Å². The highest BCUT2D eigenvalue weighted by Crippen LogP contribution is 2.31. The largest absolute Gasteiger partial charge is 0.484 e. The van der Waals surface area contributed by atoms with Gasteiger partial charge in [-0.3, -0.25) is 48.6 Å². The normalized spacial score (nSPS) is 18.3. The maximum absolute atomic E-state index is 13.6. The van der Waals surface area contributed by atoms with E-state index in [1.807, 2.05) is 10.9 Å². The van der Waals surface area contributed by atoms with Crippen molar-refractivity contribution in [3.63, 3.8) is 0 Å². The number of hydrogen-bond donors (Lipinski definition) is 3. The van der Waals surface area contributed by atoms with Gasteiger partial charge in [0, 0.05) is 73.7 Å². The van der Waals surface area contributed by atoms with Crippen LogP contribution in [-0.2, 0) is 23.9 Å². The molecule has 6 heterocycles. The first-order valence-electron chi connectivity index (χ1n) is 23.1. The molecule has 0 saturated carbocycles. The molecular weight excluding hydrogens is 922 g/mol. The predicted molar refractivity (Wildman–Crippen MR) is 253 cm³/mol. The number of fused-ring (bicyclic) bond motifs is 1. The summed E-state index contributed by atoms with van der Waals surface area (Å²) < 4.78 is 13.4. The molecule has 5 aromatic rings. The van der Waals surface area contributed by atoms with E-state index in [1.54, 1.807) is 65.7 Å². The Morgan fingerprint density at radius 1 is 0.843 bits per heavy atom. The first kappa shape index (κ1) is 47.5. The number of amides is 6. The number of nitrogens with one attached hydrogen (secondary N) is 2. The minimum atomic E-state index is -1.32. The van der Waals surface area contributed by atoms with E-state index in [0.29, 0.717) is 40.6 Å². The number of ether oxygens (including phenoxy) is 2. The molecule has 4 aliphatic heterocycles. The van der Waals surface area contributed by atoms with Crippen molar-refractivity contribution in [3.05, 3.63) is 119 Å². The number of likely N-dealkylation sites (tertiary alicyclic amines) is 1. The lowest BCUT2D eigenvalue weighted by atomic mass is 10.0. The summed E-state index contributed by atoms with van der Waals surface area (Å²) in [5.74, 6) is -3.95. The average molecular weight is 972 g/mol. The molecule has 3 fully saturated rings. The lowest BCUT2D eigenvalue weighted by Gasteiger charge is -2.36. The number of benzene rings is 3. The fourth-order valence-electron chi connectivity index (χ4n) is 9.12. The van der Waals surface area contributed by atoms with Gasteiger partial charge in [-0.25, -0.2) is 14.8 Å². The van der Waals surface area contributed by atoms with Crippen LogP contribution >= 0.6 is 11.6 Å². The smallest absolute Gasteiger partial charge is 0.361 e. The van der Waals surface area contributed by atoms with Crippen molar-refractivity contribution in [1.82, 2.24) is 44.7 Å². The maximum Gasteiger partial charge on any atom is 0.361 e. The number of anilines is 2. The summed E-state index contributed by atoms with van der Waals surface area (Å²) in [6.45, 7) is 6.01. The summed E-state index contributed by atoms with van der Waals surface area (Å²) in [5, 5.41) is 10.0. The number of carbonyl (C=O) groups is 7. The lowest BCUT2D eigenvalue weighted by Crippen LogP contribution is -2.54. The van der Waals surface area contributed by atoms with Crippen LogP contribution in [0, 0.1) is 0 Å². The van der Waals surface area contributed by atoms with Gasteiger partial charge in [0.2, 0.25) is 17.9 Å². The summed E-state index contributed by atoms with van der Waals surface area (Å²) in [4.78, 5) is 106. The van der Waals surface area contributed by atoms with Crippen LogP contribution in [0.2, 0.25) is 5.02 Å². The van der Waals surface area contributed by atoms with Crippen molar-refractivity contribution in [1.29, 1.82) is 0 Å². The van der Waals surface area contributed by atoms with Crippen molar-refractivity contribution in [2.45, 2.75) is 50.3 Å². The number of imide groups is 2. The fraction of sp³-hybridized carbons (Fsp3) is 0.347. The van der Waals surface area contributed by atoms with Gasteiger partial charge in [0.25, 0.3) is 23.6 Å². The minimum Gasteiger partial charge on any atom is -0.484 e. The summed E-state index contributed by atoms with van der Waals surface area (Å²) in [5.41, 5.74) is 8.03. The Hall–Kier alpha value is -7.55. The van der Waals surface area contributed by atoms with Crippen LogP contribution in [0.4, 0.5) is 11.5 Å². The molecule has 4 N–H and O–H groups in total. The highest BCUT2D eigenvalue weighted by molar-refractivity contribution is 6.31. The molecule has 3 aromatic carbocycles. The molecule has 362 valence electrons. The van der Waals surface area contributed by atoms with Crippen LogP contribution in [0.25, 0.3) is 11.3 Å². The zero-order chi connectivity index (χ0) is 48.9. The van der Waals surface area contributed by atoms with Crippen molar-refractivity contribution >= 4 is 64.5 Å². The first-order chi connectivity index (χ1) is 33.9. The first-order valence-corrected chi connectivity index (χ1v) is 23.5. The number of piperidine rings is 2. The van der Waals surface area contributed by atoms with E-state index in [-0.39, 0.29) is 59.8 Å². The number of nitrogen functional groups attached to an aromatic ring is 1. The Labute approximate surface area is 407 Å². The highest BCUT2D eigenvalue weighted by Gasteiger charge is 2.45. The van der Waals surface area contributed by atoms with Crippen molar-refractivity contribution in [3.8, 4) is 17.0 Å². The van der Waals surface area contributed by atoms with Crippen molar-refractivity contribution < 1.29 is 43.0 Å². The SMILES string of the molecule is Nc1ncc(-c2cnn(C3CCN(CCCN4CCN(C(=O)COc5ccc6c(c5)C(=O)N(C5CCC(=O)NC5=O)C6=O)CC4)CC3)c2)nc1C(=O)O[C@@H](C(=O)Nc1cccc(Cl)c1)c1ccccc1. The summed E-state index contributed by atoms with van der Waals surface area (Å²) >= 11 is 6.11. The summed E-state index contributed by atoms with van der Waals surface area (Å²) in [6.07, 6.45) is 6.57. The van der Waals surface area contributed by atoms with E-state index in [2.05, 4.69) is 35.5 Å². The molecule has 21 heteroatoms. The number of nitrogens with zero attached hydrogens (tertiary/aromatic N) is 8. The zero-order valence-electron chi connectivity index (χ0n) is 38.0. The maximum atomic E-state index is 13.6. The Morgan fingerprint density at radius 2 is 1.59 bits per heavy atom. The molecule has 0 spiro atoms. The number of aromatic nitrogens is 4. The Balaban J connectivity index is 0.701. The van der Waals surface area contributed by atoms with Gasteiger partial charge in [-0.2, -0.15) is 5.10 Å². The van der Waals surface area contributed by atoms with Crippen LogP contribution in [0.15, 0.2) is 91.4 Å². The number of halogens is 1. The molecule has 70 heavy (non-hydrogen) atoms. The Kier molecular flexibility index (Phi) is 14.2. The molecule has 2 atom stereocenters. The van der Waals surface area contributed by atoms with Gasteiger partial charge in [0.1, 0.15) is 11.8 Å². The molecule has 1 unspecified atom stereocenters. The predicted octanol–water partition coefficient (Wildman–Crippen LogP) is 3.76. The van der Waals surface area contributed by atoms with Gasteiger partial charge in [-0.15, -0.1) is 0 Å². The third kappa shape index (κ3) is 10.7. The topological polar surface area (TPSA) is 245 Å². The van der Waals surface area contributed by atoms with Crippen LogP contribution in [0.1, 0.15) is 81.0 Å². The molecule has 3 saturated heterocycles. The quantitative estimate of drug-likeness (QED) is 0.0999. The van der Waals surface area contributed by atoms with E-state index >= 15 is 0 Å². The second kappa shape index (κ2) is 21.0. The number of carbonyl (C=O) groups excluding carboxylic acids is 7. The van der Waals surface area contributed by atoms with Gasteiger partial charge in [-0.05, 0) is 75.2 Å². The minimum absolute atomic E-state index is 0.0288. The molecule has 4 aliphatic rings. The monoisotopic (exact) mass is 971 g/mol. The Morgan fingerprint density at radius 3 is 2.33 bits per heavy atom. The average Bonchev–Trinajstić information content (AvgIpc) is 3.95. The van der Waals surface area contributed by atoms with Crippen molar-refractivity contribution in [2.24, 2.45) is 0 Å². The van der Waals surface area contributed by atoms with Crippen LogP contribution < -0.4 is 21.1 Å². The standard InChI is InChI=1S/C49H50ClN11O9/c50-32-8-4-9-33(24-32)54-46(65)43(30-6-2-1-3-7-30)70-49(68)42-44(51)52-27-38(55-42)31-26-53-60(28-31)34-14-18-57(19-15-34)16-5-17-58-20-22-59(23-21-58)41(63)29-69-35-10-11-36-37(25-35)48(67)61(47(36)66)39-12-13-40(62)56-45(39)64/h1-4,6-11,24-28,34,39,43H,5,12-23,29H2,(H2,51,52)(H,54,65)(H,56,62,64)/t39?,43-/m1/s1. The van der Waals surface area contributed by atoms with Crippen LogP contribution in [0.3, 0.4) is 0 Å². The van der Waals surface area contributed by atoms with Gasteiger partial charge >= 0.3 is 5.97 Å². The van der Waals surface area contributed by atoms with Crippen LogP contribution in [-0.4, -0.2) is 146 Å². The van der Waals surface area contributed by atoms with Gasteiger partial charge < -0.3 is 30.3 Å². The van der Waals surface area contributed by atoms with E-state index in [4.69, 9.17) is 26.8 Å². The molecule has 0 bridgehead atoms. The third-order valence-corrected chi connectivity index (χ3v) is 13.2. The number of rotatable bonds is 15. The summed E-state index contributed by atoms with van der Waals surface area (Å²) in [6, 6.07) is 18.7. The number of piperazine rings is 1. The zero-order valence-corrected chi connectivity index (χ0v) is 38.8. The van der Waals surface area contributed by atoms with Gasteiger partial charge in [0.05, 0.1) is 35.3 Å². The number of esters is 1.